The van der Waals surface area contributed by atoms with E-state index in [0.717, 1.165) is 4.57 Å². The molecule has 0 aliphatic heterocycles. The summed E-state index contributed by atoms with van der Waals surface area (Å²) in [4.78, 5) is 34.3. The molecule has 23 heavy (non-hydrogen) atoms. The fourth-order valence-corrected chi connectivity index (χ4v) is 2.48. The molecule has 0 saturated heterocycles. The molecule has 7 nitrogen and oxygen atoms in total. The Kier molecular flexibility index (Phi) is 4.72. The van der Waals surface area contributed by atoms with Crippen LogP contribution in [0.4, 0.5) is 5.69 Å². The third-order valence-corrected chi connectivity index (χ3v) is 3.81. The zero-order chi connectivity index (χ0) is 17.3. The molecule has 0 spiro atoms. The van der Waals surface area contributed by atoms with Crippen molar-refractivity contribution in [2.24, 2.45) is 14.1 Å². The number of rotatable bonds is 3. The lowest BCUT2D eigenvalue weighted by Gasteiger charge is -2.07. The Balaban J connectivity index is 2.68. The molecule has 0 bridgehead atoms. The van der Waals surface area contributed by atoms with Crippen LogP contribution in [0.5, 0.6) is 0 Å². The molecular weight excluding hydrogens is 345 g/mol. The van der Waals surface area contributed by atoms with E-state index in [9.17, 15) is 19.7 Å². The quantitative estimate of drug-likeness (QED) is 0.624. The second-order valence-corrected chi connectivity index (χ2v) is 5.54. The van der Waals surface area contributed by atoms with Gasteiger partial charge < -0.3 is 0 Å². The highest BCUT2D eigenvalue weighted by Crippen LogP contribution is 2.23. The van der Waals surface area contributed by atoms with Crippen LogP contribution in [0.25, 0.3) is 12.2 Å². The normalized spacial score (nSPS) is 11.1. The molecule has 0 aliphatic carbocycles. The van der Waals surface area contributed by atoms with Gasteiger partial charge in [0.05, 0.1) is 4.92 Å². The largest absolute Gasteiger partial charge is 0.357 e. The molecule has 0 N–H and O–H groups in total. The monoisotopic (exact) mass is 355 g/mol. The van der Waals surface area contributed by atoms with Gasteiger partial charge in [-0.25, -0.2) is 4.79 Å². The molecule has 1 aromatic heterocycles. The van der Waals surface area contributed by atoms with Crippen molar-refractivity contribution < 1.29 is 4.92 Å². The molecule has 2 aromatic rings. The Bertz CT molecular complexity index is 944. The summed E-state index contributed by atoms with van der Waals surface area (Å²) in [5.74, 6) is 0. The fraction of sp³-hybridized carbons (Fsp3) is 0.143. The van der Waals surface area contributed by atoms with E-state index in [2.05, 4.69) is 0 Å². The van der Waals surface area contributed by atoms with Crippen molar-refractivity contribution in [3.8, 4) is 0 Å². The first-order chi connectivity index (χ1) is 10.7. The van der Waals surface area contributed by atoms with Gasteiger partial charge in [0, 0.05) is 24.1 Å². The molecule has 2 rings (SSSR count). The highest BCUT2D eigenvalue weighted by Gasteiger charge is 2.23. The van der Waals surface area contributed by atoms with Crippen molar-refractivity contribution in [2.45, 2.75) is 0 Å². The number of halogens is 2. The molecule has 0 aliphatic rings. The van der Waals surface area contributed by atoms with E-state index >= 15 is 0 Å². The first kappa shape index (κ1) is 17.0. The molecule has 0 atom stereocenters. The molecular formula is C14H11Cl2N3O4. The van der Waals surface area contributed by atoms with E-state index in [1.807, 2.05) is 0 Å². The molecule has 0 saturated carbocycles. The zero-order valence-corrected chi connectivity index (χ0v) is 13.6. The number of aromatic nitrogens is 2. The Labute approximate surface area is 140 Å². The van der Waals surface area contributed by atoms with Gasteiger partial charge in [0.1, 0.15) is 5.69 Å². The van der Waals surface area contributed by atoms with Gasteiger partial charge in [0.15, 0.2) is 0 Å². The van der Waals surface area contributed by atoms with Crippen LogP contribution in [-0.4, -0.2) is 14.1 Å². The number of hydrogen-bond acceptors (Lipinski definition) is 4. The summed E-state index contributed by atoms with van der Waals surface area (Å²) in [5, 5.41) is 12.0. The van der Waals surface area contributed by atoms with Crippen LogP contribution in [0.1, 0.15) is 11.3 Å². The van der Waals surface area contributed by atoms with Gasteiger partial charge in [0.2, 0.25) is 0 Å². The maximum absolute atomic E-state index is 12.0. The van der Waals surface area contributed by atoms with Crippen molar-refractivity contribution in [2.75, 3.05) is 0 Å². The average Bonchev–Trinajstić information content (AvgIpc) is 2.48. The van der Waals surface area contributed by atoms with Crippen molar-refractivity contribution in [3.05, 3.63) is 70.5 Å². The summed E-state index contributed by atoms with van der Waals surface area (Å²) in [6.07, 6.45) is 2.77. The highest BCUT2D eigenvalue weighted by molar-refractivity contribution is 6.35. The first-order valence-corrected chi connectivity index (χ1v) is 7.07. The summed E-state index contributed by atoms with van der Waals surface area (Å²) < 4.78 is 1.71. The molecule has 0 amide bonds. The van der Waals surface area contributed by atoms with Gasteiger partial charge in [-0.3, -0.25) is 24.0 Å². The lowest BCUT2D eigenvalue weighted by Crippen LogP contribution is -2.39. The summed E-state index contributed by atoms with van der Waals surface area (Å²) in [6.45, 7) is 0. The van der Waals surface area contributed by atoms with Crippen LogP contribution in [0, 0.1) is 10.1 Å². The van der Waals surface area contributed by atoms with E-state index in [1.165, 1.54) is 32.3 Å². The third kappa shape index (κ3) is 3.20. The Morgan fingerprint density at radius 1 is 1.13 bits per heavy atom. The highest BCUT2D eigenvalue weighted by atomic mass is 35.5. The van der Waals surface area contributed by atoms with Crippen LogP contribution in [0.3, 0.4) is 0 Å². The average molecular weight is 356 g/mol. The minimum atomic E-state index is -0.972. The Morgan fingerprint density at radius 3 is 2.35 bits per heavy atom. The van der Waals surface area contributed by atoms with Crippen molar-refractivity contribution in [1.82, 2.24) is 9.13 Å². The van der Waals surface area contributed by atoms with Gasteiger partial charge in [-0.15, -0.1) is 0 Å². The van der Waals surface area contributed by atoms with Crippen LogP contribution >= 0.6 is 23.2 Å². The molecule has 0 fully saturated rings. The van der Waals surface area contributed by atoms with E-state index in [0.29, 0.717) is 20.2 Å². The van der Waals surface area contributed by atoms with Gasteiger partial charge >= 0.3 is 16.9 Å². The number of benzene rings is 1. The van der Waals surface area contributed by atoms with E-state index in [-0.39, 0.29) is 5.69 Å². The van der Waals surface area contributed by atoms with Gasteiger partial charge in [-0.05, 0) is 23.8 Å². The Hall–Kier alpha value is -2.38. The van der Waals surface area contributed by atoms with E-state index in [1.54, 1.807) is 12.1 Å². The molecule has 1 heterocycles. The van der Waals surface area contributed by atoms with Crippen LogP contribution < -0.4 is 11.2 Å². The maximum atomic E-state index is 12.0. The predicted molar refractivity (Wildman–Crippen MR) is 89.0 cm³/mol. The predicted octanol–water partition coefficient (Wildman–Crippen LogP) is 2.47. The van der Waals surface area contributed by atoms with Gasteiger partial charge in [-0.1, -0.05) is 35.3 Å². The SMILES string of the molecule is Cn1c(C=Cc2ccc(Cl)cc2Cl)c([N+](=O)[O-])c(=O)n(C)c1=O. The first-order valence-electron chi connectivity index (χ1n) is 6.31. The van der Waals surface area contributed by atoms with Crippen molar-refractivity contribution >= 4 is 41.0 Å². The summed E-state index contributed by atoms with van der Waals surface area (Å²) >= 11 is 11.8. The van der Waals surface area contributed by atoms with Crippen molar-refractivity contribution in [1.29, 1.82) is 0 Å². The third-order valence-electron chi connectivity index (χ3n) is 3.25. The molecule has 0 unspecified atom stereocenters. The summed E-state index contributed by atoms with van der Waals surface area (Å²) in [5.41, 5.74) is -1.90. The van der Waals surface area contributed by atoms with Crippen LogP contribution in [-0.2, 0) is 14.1 Å². The minimum Gasteiger partial charge on any atom is -0.291 e. The molecule has 0 radical (unpaired) electrons. The fourth-order valence-electron chi connectivity index (χ4n) is 2.01. The van der Waals surface area contributed by atoms with Crippen molar-refractivity contribution in [3.63, 3.8) is 0 Å². The number of nitro groups is 1. The lowest BCUT2D eigenvalue weighted by molar-refractivity contribution is -0.387. The number of hydrogen-bond donors (Lipinski definition) is 0. The molecule has 9 heteroatoms. The van der Waals surface area contributed by atoms with Crippen LogP contribution in [0.2, 0.25) is 10.0 Å². The summed E-state index contributed by atoms with van der Waals surface area (Å²) in [7, 11) is 2.53. The molecule has 1 aromatic carbocycles. The van der Waals surface area contributed by atoms with Gasteiger partial charge in [0.25, 0.3) is 0 Å². The van der Waals surface area contributed by atoms with E-state index < -0.39 is 21.9 Å². The Morgan fingerprint density at radius 2 is 1.78 bits per heavy atom. The lowest BCUT2D eigenvalue weighted by atomic mass is 10.2. The van der Waals surface area contributed by atoms with Crippen LogP contribution in [0.15, 0.2) is 27.8 Å². The molecule has 120 valence electrons. The summed E-state index contributed by atoms with van der Waals surface area (Å²) in [6, 6.07) is 4.73. The van der Waals surface area contributed by atoms with E-state index in [4.69, 9.17) is 23.2 Å². The second kappa shape index (κ2) is 6.39. The number of nitrogens with zero attached hydrogens (tertiary/aromatic N) is 3. The topological polar surface area (TPSA) is 87.1 Å². The zero-order valence-electron chi connectivity index (χ0n) is 12.1. The van der Waals surface area contributed by atoms with Gasteiger partial charge in [-0.2, -0.15) is 0 Å². The standard InChI is InChI=1S/C14H11Cl2N3O4/c1-17-11(6-4-8-3-5-9(15)7-10(8)16)12(19(22)23)13(20)18(2)14(17)21/h3-7H,1-2H3. The minimum absolute atomic E-state index is 0.117. The smallest absolute Gasteiger partial charge is 0.291 e. The second-order valence-electron chi connectivity index (χ2n) is 4.70. The maximum Gasteiger partial charge on any atom is 0.357 e.